The van der Waals surface area contributed by atoms with Gasteiger partial charge >= 0.3 is 5.97 Å². The minimum absolute atomic E-state index is 0. The van der Waals surface area contributed by atoms with Crippen LogP contribution < -0.4 is 10.0 Å². The van der Waals surface area contributed by atoms with Gasteiger partial charge in [-0.25, -0.2) is 17.9 Å². The Morgan fingerprint density at radius 3 is 2.64 bits per heavy atom. The van der Waals surface area contributed by atoms with E-state index in [0.29, 0.717) is 12.2 Å². The number of benzene rings is 1. The number of rotatable bonds is 7. The molecule has 0 aliphatic carbocycles. The molecule has 142 valence electrons. The summed E-state index contributed by atoms with van der Waals surface area (Å²) in [7, 11) is -0.896. The van der Waals surface area contributed by atoms with E-state index >= 15 is 0 Å². The topological polar surface area (TPSA) is 93.7 Å². The maximum absolute atomic E-state index is 12.7. The Morgan fingerprint density at radius 1 is 1.36 bits per heavy atom. The van der Waals surface area contributed by atoms with Gasteiger partial charge in [-0.3, -0.25) is 0 Å². The average Bonchev–Trinajstić information content (AvgIpc) is 3.02. The maximum atomic E-state index is 12.7. The molecule has 1 aliphatic heterocycles. The molecule has 1 aliphatic rings. The highest BCUT2D eigenvalue weighted by molar-refractivity contribution is 7.89. The highest BCUT2D eigenvalue weighted by atomic mass is 35.5. The lowest BCUT2D eigenvalue weighted by molar-refractivity contribution is 0.0600. The van der Waals surface area contributed by atoms with Crippen molar-refractivity contribution in [3.05, 3.63) is 29.3 Å². The molecule has 1 atom stereocenters. The Kier molecular flexibility index (Phi) is 7.83. The second kappa shape index (κ2) is 8.95. The summed E-state index contributed by atoms with van der Waals surface area (Å²) in [5.41, 5.74) is 0.375. The van der Waals surface area contributed by atoms with Crippen molar-refractivity contribution in [2.24, 2.45) is 0 Å². The Morgan fingerprint density at radius 2 is 2.08 bits per heavy atom. The molecule has 0 amide bonds. The largest absolute Gasteiger partial charge is 0.465 e. The predicted molar refractivity (Wildman–Crippen MR) is 96.8 cm³/mol. The van der Waals surface area contributed by atoms with Crippen molar-refractivity contribution in [1.29, 1.82) is 0 Å². The molecule has 9 heteroatoms. The Hall–Kier alpha value is -1.19. The third kappa shape index (κ3) is 5.15. The minimum atomic E-state index is -3.75. The van der Waals surface area contributed by atoms with E-state index in [1.807, 2.05) is 0 Å². The number of carbonyl (C=O) groups is 1. The first-order valence-electron chi connectivity index (χ1n) is 7.76. The normalized spacial score (nSPS) is 20.1. The molecule has 0 spiro atoms. The van der Waals surface area contributed by atoms with Crippen LogP contribution in [-0.4, -0.2) is 53.8 Å². The van der Waals surface area contributed by atoms with E-state index in [1.165, 1.54) is 13.2 Å². The second-order valence-electron chi connectivity index (χ2n) is 6.04. The number of esters is 1. The third-order valence-corrected chi connectivity index (χ3v) is 5.80. The molecule has 1 aromatic carbocycles. The number of hydrogen-bond acceptors (Lipinski definition) is 6. The molecular formula is C16H25ClN2O5S. The van der Waals surface area contributed by atoms with Gasteiger partial charge < -0.3 is 14.8 Å². The van der Waals surface area contributed by atoms with Crippen LogP contribution in [0.4, 0.5) is 0 Å². The summed E-state index contributed by atoms with van der Waals surface area (Å²) in [5.74, 6) is -0.570. The van der Waals surface area contributed by atoms with Gasteiger partial charge in [0.2, 0.25) is 10.0 Å². The molecule has 1 unspecified atom stereocenters. The van der Waals surface area contributed by atoms with Crippen LogP contribution in [0.15, 0.2) is 23.1 Å². The summed E-state index contributed by atoms with van der Waals surface area (Å²) in [6.45, 7) is 3.18. The summed E-state index contributed by atoms with van der Waals surface area (Å²) in [6, 6.07) is 4.49. The maximum Gasteiger partial charge on any atom is 0.337 e. The zero-order valence-corrected chi connectivity index (χ0v) is 16.3. The van der Waals surface area contributed by atoms with Crippen LogP contribution in [0.2, 0.25) is 0 Å². The average molecular weight is 393 g/mol. The zero-order valence-electron chi connectivity index (χ0n) is 14.6. The first kappa shape index (κ1) is 21.9. The minimum Gasteiger partial charge on any atom is -0.465 e. The number of nitrogens with one attached hydrogen (secondary N) is 2. The zero-order chi connectivity index (χ0) is 17.8. The van der Waals surface area contributed by atoms with Crippen molar-refractivity contribution >= 4 is 28.4 Å². The van der Waals surface area contributed by atoms with Crippen molar-refractivity contribution in [2.75, 3.05) is 33.9 Å². The van der Waals surface area contributed by atoms with Crippen LogP contribution in [0, 0.1) is 6.92 Å². The van der Waals surface area contributed by atoms with E-state index in [-0.39, 0.29) is 29.4 Å². The molecule has 1 heterocycles. The smallest absolute Gasteiger partial charge is 0.337 e. The van der Waals surface area contributed by atoms with Crippen molar-refractivity contribution in [3.63, 3.8) is 0 Å². The first-order valence-corrected chi connectivity index (χ1v) is 9.24. The molecule has 2 rings (SSSR count). The molecule has 1 fully saturated rings. The van der Waals surface area contributed by atoms with Crippen molar-refractivity contribution in [1.82, 2.24) is 10.0 Å². The molecule has 0 bridgehead atoms. The van der Waals surface area contributed by atoms with Crippen molar-refractivity contribution in [3.8, 4) is 0 Å². The van der Waals surface area contributed by atoms with Gasteiger partial charge in [0.25, 0.3) is 0 Å². The number of halogens is 1. The predicted octanol–water partition coefficient (Wildman–Crippen LogP) is 1.25. The second-order valence-corrected chi connectivity index (χ2v) is 7.78. The molecule has 1 saturated heterocycles. The fourth-order valence-electron chi connectivity index (χ4n) is 2.92. The standard InChI is InChI=1S/C16H24N2O5S.ClH/c1-12-5-6-13(15(19)23-3)9-14(12)24(20,21)18-10-16(11-22-2)7-4-8-17-16;/h5-6,9,17-18H,4,7-8,10-11H2,1-3H3;1H. The van der Waals surface area contributed by atoms with Gasteiger partial charge in [-0.1, -0.05) is 6.07 Å². The monoisotopic (exact) mass is 392 g/mol. The fraction of sp³-hybridized carbons (Fsp3) is 0.562. The van der Waals surface area contributed by atoms with Crippen LogP contribution in [0.1, 0.15) is 28.8 Å². The van der Waals surface area contributed by atoms with Gasteiger partial charge in [-0.15, -0.1) is 12.4 Å². The van der Waals surface area contributed by atoms with Crippen LogP contribution in [0.3, 0.4) is 0 Å². The van der Waals surface area contributed by atoms with E-state index in [1.54, 1.807) is 26.2 Å². The van der Waals surface area contributed by atoms with E-state index < -0.39 is 21.5 Å². The van der Waals surface area contributed by atoms with Gasteiger partial charge in [-0.05, 0) is 44.0 Å². The van der Waals surface area contributed by atoms with E-state index in [2.05, 4.69) is 14.8 Å². The quantitative estimate of drug-likeness (QED) is 0.678. The highest BCUT2D eigenvalue weighted by Gasteiger charge is 2.35. The Labute approximate surface area is 154 Å². The molecule has 0 saturated carbocycles. The number of ether oxygens (including phenoxy) is 2. The van der Waals surface area contributed by atoms with E-state index in [0.717, 1.165) is 19.4 Å². The number of methoxy groups -OCH3 is 2. The van der Waals surface area contributed by atoms with Crippen LogP contribution in [0.25, 0.3) is 0 Å². The molecule has 2 N–H and O–H groups in total. The van der Waals surface area contributed by atoms with Gasteiger partial charge in [0.05, 0.1) is 29.7 Å². The molecular weight excluding hydrogens is 368 g/mol. The number of hydrogen-bond donors (Lipinski definition) is 2. The Balaban J connectivity index is 0.00000312. The van der Waals surface area contributed by atoms with Gasteiger partial charge in [-0.2, -0.15) is 0 Å². The van der Waals surface area contributed by atoms with Crippen molar-refractivity contribution in [2.45, 2.75) is 30.2 Å². The number of sulfonamides is 1. The first-order chi connectivity index (χ1) is 11.3. The summed E-state index contributed by atoms with van der Waals surface area (Å²) >= 11 is 0. The van der Waals surface area contributed by atoms with Crippen molar-refractivity contribution < 1.29 is 22.7 Å². The van der Waals surface area contributed by atoms with E-state index in [4.69, 9.17) is 4.74 Å². The molecule has 0 radical (unpaired) electrons. The molecule has 25 heavy (non-hydrogen) atoms. The lowest BCUT2D eigenvalue weighted by Gasteiger charge is -2.29. The van der Waals surface area contributed by atoms with Gasteiger partial charge in [0, 0.05) is 13.7 Å². The molecule has 7 nitrogen and oxygen atoms in total. The number of carbonyl (C=O) groups excluding carboxylic acids is 1. The van der Waals surface area contributed by atoms with Gasteiger partial charge in [0.15, 0.2) is 0 Å². The lowest BCUT2D eigenvalue weighted by atomic mass is 9.99. The van der Waals surface area contributed by atoms with Crippen LogP contribution in [-0.2, 0) is 19.5 Å². The molecule has 0 aromatic heterocycles. The summed E-state index contributed by atoms with van der Waals surface area (Å²) in [5, 5.41) is 3.32. The summed E-state index contributed by atoms with van der Waals surface area (Å²) in [4.78, 5) is 11.7. The Bertz CT molecular complexity index is 702. The van der Waals surface area contributed by atoms with Gasteiger partial charge in [0.1, 0.15) is 0 Å². The summed E-state index contributed by atoms with van der Waals surface area (Å²) in [6.07, 6.45) is 1.81. The SMILES string of the molecule is COCC1(CNS(=O)(=O)c2cc(C(=O)OC)ccc2C)CCCN1.Cl. The van der Waals surface area contributed by atoms with Crippen LogP contribution >= 0.6 is 12.4 Å². The fourth-order valence-corrected chi connectivity index (χ4v) is 4.31. The third-order valence-electron chi connectivity index (χ3n) is 4.25. The highest BCUT2D eigenvalue weighted by Crippen LogP contribution is 2.22. The molecule has 1 aromatic rings. The van der Waals surface area contributed by atoms with Crippen LogP contribution in [0.5, 0.6) is 0 Å². The lowest BCUT2D eigenvalue weighted by Crippen LogP contribution is -2.52. The van der Waals surface area contributed by atoms with E-state index in [9.17, 15) is 13.2 Å². The number of aryl methyl sites for hydroxylation is 1. The summed E-state index contributed by atoms with van der Waals surface area (Å²) < 4.78 is 37.9.